The van der Waals surface area contributed by atoms with E-state index in [-0.39, 0.29) is 17.9 Å². The lowest BCUT2D eigenvalue weighted by Crippen LogP contribution is -2.59. The lowest BCUT2D eigenvalue weighted by Gasteiger charge is -2.45. The van der Waals surface area contributed by atoms with Gasteiger partial charge < -0.3 is 24.8 Å². The molecule has 1 aromatic carbocycles. The third-order valence-electron chi connectivity index (χ3n) is 6.99. The molecule has 1 unspecified atom stereocenters. The zero-order chi connectivity index (χ0) is 26.5. The van der Waals surface area contributed by atoms with Crippen LogP contribution in [0.5, 0.6) is 0 Å². The Hall–Kier alpha value is -4.30. The molecule has 5 rings (SSSR count). The zero-order valence-electron chi connectivity index (χ0n) is 21.6. The van der Waals surface area contributed by atoms with E-state index in [2.05, 4.69) is 48.9 Å². The Morgan fingerprint density at radius 1 is 1.08 bits per heavy atom. The van der Waals surface area contributed by atoms with Crippen molar-refractivity contribution in [1.29, 1.82) is 5.26 Å². The number of carbonyl (C=O) groups excluding carboxylic acids is 1. The summed E-state index contributed by atoms with van der Waals surface area (Å²) in [6, 6.07) is 9.73. The molecule has 0 aliphatic carbocycles. The summed E-state index contributed by atoms with van der Waals surface area (Å²) in [7, 11) is 0. The third-order valence-corrected chi connectivity index (χ3v) is 6.99. The SMILES string of the molecule is CC(C)C1CN(c2nccnc2C(=O)N2CCOCC2)CCN1/C(=N/C#N)Nc1cccc2ncccc12. The van der Waals surface area contributed by atoms with E-state index >= 15 is 0 Å². The molecule has 0 bridgehead atoms. The summed E-state index contributed by atoms with van der Waals surface area (Å²) in [5.74, 6) is 1.18. The monoisotopic (exact) mass is 513 g/mol. The maximum atomic E-state index is 13.3. The molecule has 196 valence electrons. The molecular formula is C27H31N9O2. The van der Waals surface area contributed by atoms with Crippen molar-refractivity contribution >= 4 is 34.3 Å². The van der Waals surface area contributed by atoms with Gasteiger partial charge in [0.1, 0.15) is 0 Å². The Morgan fingerprint density at radius 2 is 1.89 bits per heavy atom. The summed E-state index contributed by atoms with van der Waals surface area (Å²) in [6.07, 6.45) is 6.92. The normalized spacial score (nSPS) is 18.5. The van der Waals surface area contributed by atoms with E-state index in [9.17, 15) is 10.1 Å². The highest BCUT2D eigenvalue weighted by molar-refractivity contribution is 6.03. The number of nitrogens with one attached hydrogen (secondary N) is 1. The fourth-order valence-electron chi connectivity index (χ4n) is 5.01. The lowest BCUT2D eigenvalue weighted by atomic mass is 9.99. The van der Waals surface area contributed by atoms with Gasteiger partial charge in [0, 0.05) is 56.7 Å². The molecule has 0 radical (unpaired) electrons. The van der Waals surface area contributed by atoms with Crippen molar-refractivity contribution in [2.45, 2.75) is 19.9 Å². The fraction of sp³-hybridized carbons (Fsp3) is 0.407. The molecule has 0 spiro atoms. The maximum Gasteiger partial charge on any atom is 0.276 e. The van der Waals surface area contributed by atoms with Gasteiger partial charge in [-0.15, -0.1) is 4.99 Å². The van der Waals surface area contributed by atoms with Crippen LogP contribution in [0.3, 0.4) is 0 Å². The van der Waals surface area contributed by atoms with E-state index < -0.39 is 0 Å². The first-order valence-corrected chi connectivity index (χ1v) is 12.8. The number of aromatic nitrogens is 3. The van der Waals surface area contributed by atoms with Gasteiger partial charge in [-0.1, -0.05) is 19.9 Å². The molecule has 38 heavy (non-hydrogen) atoms. The van der Waals surface area contributed by atoms with Gasteiger partial charge in [0.2, 0.25) is 12.2 Å². The van der Waals surface area contributed by atoms with E-state index in [1.54, 1.807) is 23.5 Å². The van der Waals surface area contributed by atoms with Gasteiger partial charge in [-0.2, -0.15) is 5.26 Å². The molecule has 11 nitrogen and oxygen atoms in total. The minimum atomic E-state index is -0.127. The van der Waals surface area contributed by atoms with Gasteiger partial charge in [0.05, 0.1) is 30.5 Å². The molecular weight excluding hydrogens is 482 g/mol. The predicted molar refractivity (Wildman–Crippen MR) is 145 cm³/mol. The summed E-state index contributed by atoms with van der Waals surface area (Å²) in [5.41, 5.74) is 2.05. The second-order valence-corrected chi connectivity index (χ2v) is 9.62. The molecule has 2 aliphatic heterocycles. The highest BCUT2D eigenvalue weighted by Crippen LogP contribution is 2.27. The lowest BCUT2D eigenvalue weighted by molar-refractivity contribution is 0.0299. The van der Waals surface area contributed by atoms with Crippen LogP contribution in [0.4, 0.5) is 11.5 Å². The number of ether oxygens (including phenoxy) is 1. The van der Waals surface area contributed by atoms with Gasteiger partial charge in [-0.25, -0.2) is 9.97 Å². The van der Waals surface area contributed by atoms with Gasteiger partial charge >= 0.3 is 0 Å². The molecule has 0 saturated carbocycles. The average Bonchev–Trinajstić information content (AvgIpc) is 2.97. The number of fused-ring (bicyclic) bond motifs is 1. The van der Waals surface area contributed by atoms with Crippen molar-refractivity contribution in [2.24, 2.45) is 10.9 Å². The molecule has 2 aromatic heterocycles. The number of aliphatic imine (C=N–C) groups is 1. The molecule has 11 heteroatoms. The van der Waals surface area contributed by atoms with Crippen molar-refractivity contribution in [1.82, 2.24) is 24.8 Å². The smallest absolute Gasteiger partial charge is 0.276 e. The fourth-order valence-corrected chi connectivity index (χ4v) is 5.01. The van der Waals surface area contributed by atoms with Crippen LogP contribution in [0.15, 0.2) is 53.9 Å². The van der Waals surface area contributed by atoms with Crippen LogP contribution in [-0.4, -0.2) is 88.6 Å². The van der Waals surface area contributed by atoms with E-state index in [1.807, 2.05) is 36.5 Å². The summed E-state index contributed by atoms with van der Waals surface area (Å²) in [5, 5.41) is 13.9. The van der Waals surface area contributed by atoms with Crippen LogP contribution in [0.1, 0.15) is 24.3 Å². The number of pyridine rings is 1. The molecule has 4 heterocycles. The second kappa shape index (κ2) is 11.4. The predicted octanol–water partition coefficient (Wildman–Crippen LogP) is 2.59. The van der Waals surface area contributed by atoms with Gasteiger partial charge in [-0.3, -0.25) is 9.78 Å². The number of amides is 1. The number of hydrogen-bond acceptors (Lipinski definition) is 8. The minimum absolute atomic E-state index is 0.00444. The zero-order valence-corrected chi connectivity index (χ0v) is 21.6. The van der Waals surface area contributed by atoms with Crippen molar-refractivity contribution < 1.29 is 9.53 Å². The van der Waals surface area contributed by atoms with Gasteiger partial charge in [0.15, 0.2) is 11.5 Å². The van der Waals surface area contributed by atoms with Crippen molar-refractivity contribution in [3.63, 3.8) is 0 Å². The van der Waals surface area contributed by atoms with E-state index in [0.717, 1.165) is 16.6 Å². The molecule has 1 amide bonds. The molecule has 1 N–H and O–H groups in total. The first-order valence-electron chi connectivity index (χ1n) is 12.8. The summed E-state index contributed by atoms with van der Waals surface area (Å²) >= 11 is 0. The number of morpholine rings is 1. The Balaban J connectivity index is 1.40. The summed E-state index contributed by atoms with van der Waals surface area (Å²) in [6.45, 7) is 8.19. The number of hydrogen-bond donors (Lipinski definition) is 1. The highest BCUT2D eigenvalue weighted by atomic mass is 16.5. The number of guanidine groups is 1. The largest absolute Gasteiger partial charge is 0.378 e. The molecule has 2 aliphatic rings. The Labute approximate surface area is 221 Å². The first kappa shape index (κ1) is 25.4. The molecule has 1 atom stereocenters. The number of anilines is 2. The third kappa shape index (κ3) is 5.21. The number of nitriles is 1. The summed E-state index contributed by atoms with van der Waals surface area (Å²) < 4.78 is 5.40. The average molecular weight is 514 g/mol. The highest BCUT2D eigenvalue weighted by Gasteiger charge is 2.35. The van der Waals surface area contributed by atoms with Crippen molar-refractivity contribution in [3.05, 3.63) is 54.6 Å². The second-order valence-electron chi connectivity index (χ2n) is 9.62. The van der Waals surface area contributed by atoms with Crippen molar-refractivity contribution in [2.75, 3.05) is 56.2 Å². The van der Waals surface area contributed by atoms with E-state index in [0.29, 0.717) is 63.4 Å². The number of carbonyl (C=O) groups is 1. The number of nitrogens with zero attached hydrogens (tertiary/aromatic N) is 8. The minimum Gasteiger partial charge on any atom is -0.378 e. The summed E-state index contributed by atoms with van der Waals surface area (Å²) in [4.78, 5) is 37.0. The van der Waals surface area contributed by atoms with Gasteiger partial charge in [0.25, 0.3) is 5.91 Å². The van der Waals surface area contributed by atoms with E-state index in [4.69, 9.17) is 4.74 Å². The Kier molecular flexibility index (Phi) is 7.60. The number of piperazine rings is 1. The number of benzene rings is 1. The first-order chi connectivity index (χ1) is 18.6. The van der Waals surface area contributed by atoms with Crippen LogP contribution in [0.25, 0.3) is 10.9 Å². The van der Waals surface area contributed by atoms with Crippen molar-refractivity contribution in [3.8, 4) is 6.19 Å². The standard InChI is InChI=1S/C27H31N9O2/c1-19(2)23-17-35(25-24(30-9-10-31-25)26(37)34-13-15-38-16-14-34)11-12-36(23)27(32-18-28)33-22-7-3-6-21-20(22)5-4-8-29-21/h3-10,19,23H,11-17H2,1-2H3,(H,32,33). The van der Waals surface area contributed by atoms with Crippen LogP contribution >= 0.6 is 0 Å². The van der Waals surface area contributed by atoms with Crippen LogP contribution in [0, 0.1) is 17.4 Å². The number of rotatable bonds is 4. The van der Waals surface area contributed by atoms with Crippen LogP contribution in [0.2, 0.25) is 0 Å². The van der Waals surface area contributed by atoms with Crippen LogP contribution in [-0.2, 0) is 4.74 Å². The maximum absolute atomic E-state index is 13.3. The Bertz CT molecular complexity index is 1360. The quantitative estimate of drug-likeness (QED) is 0.319. The topological polar surface area (TPSA) is 123 Å². The molecule has 2 saturated heterocycles. The Morgan fingerprint density at radius 3 is 2.68 bits per heavy atom. The molecule has 2 fully saturated rings. The van der Waals surface area contributed by atoms with E-state index in [1.165, 1.54) is 0 Å². The molecule has 3 aromatic rings. The van der Waals surface area contributed by atoms with Crippen LogP contribution < -0.4 is 10.2 Å². The van der Waals surface area contributed by atoms with Gasteiger partial charge in [-0.05, 0) is 30.2 Å².